The van der Waals surface area contributed by atoms with Crippen LogP contribution in [0.3, 0.4) is 0 Å². The van der Waals surface area contributed by atoms with Crippen LogP contribution in [-0.4, -0.2) is 17.6 Å². The van der Waals surface area contributed by atoms with Gasteiger partial charge in [0.05, 0.1) is 22.2 Å². The SMILES string of the molecule is O=C1CSc2ccc(C(=O)Nc3cccc(Cl)c3F)cc2N1. The standard InChI is InChI=1S/C15H10ClFN2O2S/c16-9-2-1-3-10(14(9)17)19-15(21)8-4-5-12-11(6-8)18-13(20)7-22-12/h1-6H,7H2,(H,18,20)(H,19,21). The molecule has 0 saturated heterocycles. The van der Waals surface area contributed by atoms with Crippen LogP contribution in [0.15, 0.2) is 41.3 Å². The largest absolute Gasteiger partial charge is 0.324 e. The van der Waals surface area contributed by atoms with E-state index in [2.05, 4.69) is 10.6 Å². The Hall–Kier alpha value is -2.05. The van der Waals surface area contributed by atoms with E-state index in [0.717, 1.165) is 4.90 Å². The molecule has 0 radical (unpaired) electrons. The van der Waals surface area contributed by atoms with Gasteiger partial charge in [0, 0.05) is 10.5 Å². The zero-order chi connectivity index (χ0) is 15.7. The second kappa shape index (κ2) is 5.98. The fourth-order valence-corrected chi connectivity index (χ4v) is 2.98. The Labute approximate surface area is 135 Å². The van der Waals surface area contributed by atoms with Crippen molar-refractivity contribution in [3.63, 3.8) is 0 Å². The van der Waals surface area contributed by atoms with E-state index in [4.69, 9.17) is 11.6 Å². The average Bonchev–Trinajstić information content (AvgIpc) is 2.51. The number of rotatable bonds is 2. The summed E-state index contributed by atoms with van der Waals surface area (Å²) in [5.74, 6) is -0.921. The van der Waals surface area contributed by atoms with Crippen LogP contribution in [-0.2, 0) is 4.79 Å². The Morgan fingerprint density at radius 1 is 1.32 bits per heavy atom. The quantitative estimate of drug-likeness (QED) is 0.877. The first-order valence-electron chi connectivity index (χ1n) is 6.36. The fraction of sp³-hybridized carbons (Fsp3) is 0.0667. The summed E-state index contributed by atoms with van der Waals surface area (Å²) in [4.78, 5) is 24.5. The first-order chi connectivity index (χ1) is 10.5. The number of hydrogen-bond acceptors (Lipinski definition) is 3. The molecule has 2 aromatic carbocycles. The van der Waals surface area contributed by atoms with Crippen molar-refractivity contribution in [1.82, 2.24) is 0 Å². The molecule has 4 nitrogen and oxygen atoms in total. The van der Waals surface area contributed by atoms with Crippen LogP contribution in [0.5, 0.6) is 0 Å². The molecule has 0 fully saturated rings. The molecule has 1 heterocycles. The van der Waals surface area contributed by atoms with Crippen LogP contribution in [0, 0.1) is 5.82 Å². The van der Waals surface area contributed by atoms with Gasteiger partial charge in [0.15, 0.2) is 5.82 Å². The Morgan fingerprint density at radius 3 is 2.95 bits per heavy atom. The molecule has 0 aliphatic carbocycles. The number of amides is 2. The molecule has 0 unspecified atom stereocenters. The number of nitrogens with one attached hydrogen (secondary N) is 2. The van der Waals surface area contributed by atoms with Crippen molar-refractivity contribution in [3.05, 3.63) is 52.8 Å². The van der Waals surface area contributed by atoms with Gasteiger partial charge in [-0.3, -0.25) is 9.59 Å². The van der Waals surface area contributed by atoms with Crippen molar-refractivity contribution in [1.29, 1.82) is 0 Å². The molecule has 0 atom stereocenters. The highest BCUT2D eigenvalue weighted by Gasteiger charge is 2.18. The van der Waals surface area contributed by atoms with Gasteiger partial charge in [0.25, 0.3) is 5.91 Å². The van der Waals surface area contributed by atoms with Crippen LogP contribution in [0.1, 0.15) is 10.4 Å². The minimum Gasteiger partial charge on any atom is -0.324 e. The second-order valence-electron chi connectivity index (χ2n) is 4.60. The number of hydrogen-bond donors (Lipinski definition) is 2. The summed E-state index contributed by atoms with van der Waals surface area (Å²) in [5, 5.41) is 5.11. The lowest BCUT2D eigenvalue weighted by Crippen LogP contribution is -2.20. The van der Waals surface area contributed by atoms with E-state index in [1.54, 1.807) is 24.3 Å². The van der Waals surface area contributed by atoms with Gasteiger partial charge in [-0.15, -0.1) is 11.8 Å². The molecule has 0 spiro atoms. The third-order valence-corrected chi connectivity index (χ3v) is 4.44. The number of fused-ring (bicyclic) bond motifs is 1. The minimum atomic E-state index is -0.681. The minimum absolute atomic E-state index is 0.00799. The smallest absolute Gasteiger partial charge is 0.255 e. The summed E-state index contributed by atoms with van der Waals surface area (Å²) in [6, 6.07) is 9.32. The van der Waals surface area contributed by atoms with Gasteiger partial charge in [-0.05, 0) is 30.3 Å². The highest BCUT2D eigenvalue weighted by Crippen LogP contribution is 2.32. The van der Waals surface area contributed by atoms with Gasteiger partial charge in [-0.2, -0.15) is 0 Å². The molecular weight excluding hydrogens is 327 g/mol. The Morgan fingerprint density at radius 2 is 2.14 bits per heavy atom. The summed E-state index contributed by atoms with van der Waals surface area (Å²) < 4.78 is 13.8. The summed E-state index contributed by atoms with van der Waals surface area (Å²) in [7, 11) is 0. The number of benzene rings is 2. The Balaban J connectivity index is 1.85. The van der Waals surface area contributed by atoms with Gasteiger partial charge in [-0.1, -0.05) is 17.7 Å². The molecule has 3 rings (SSSR count). The normalized spacial score (nSPS) is 13.3. The number of carbonyl (C=O) groups is 2. The lowest BCUT2D eigenvalue weighted by atomic mass is 10.1. The van der Waals surface area contributed by atoms with Crippen molar-refractivity contribution < 1.29 is 14.0 Å². The van der Waals surface area contributed by atoms with Crippen LogP contribution in [0.25, 0.3) is 0 Å². The summed E-state index contributed by atoms with van der Waals surface area (Å²) >= 11 is 7.08. The summed E-state index contributed by atoms with van der Waals surface area (Å²) in [6.45, 7) is 0. The van der Waals surface area contributed by atoms with Crippen molar-refractivity contribution in [2.75, 3.05) is 16.4 Å². The topological polar surface area (TPSA) is 58.2 Å². The first-order valence-corrected chi connectivity index (χ1v) is 7.73. The molecule has 1 aliphatic heterocycles. The van der Waals surface area contributed by atoms with Crippen LogP contribution in [0.4, 0.5) is 15.8 Å². The van der Waals surface area contributed by atoms with Gasteiger partial charge in [0.1, 0.15) is 0 Å². The molecule has 0 saturated carbocycles. The monoisotopic (exact) mass is 336 g/mol. The molecule has 0 aromatic heterocycles. The zero-order valence-corrected chi connectivity index (χ0v) is 12.7. The summed E-state index contributed by atoms with van der Waals surface area (Å²) in [6.07, 6.45) is 0. The highest BCUT2D eigenvalue weighted by atomic mass is 35.5. The maximum absolute atomic E-state index is 13.8. The molecule has 7 heteroatoms. The molecule has 2 aromatic rings. The molecule has 22 heavy (non-hydrogen) atoms. The molecule has 1 aliphatic rings. The van der Waals surface area contributed by atoms with Gasteiger partial charge in [0.2, 0.25) is 5.91 Å². The number of halogens is 2. The lowest BCUT2D eigenvalue weighted by Gasteiger charge is -2.17. The van der Waals surface area contributed by atoms with Crippen LogP contribution >= 0.6 is 23.4 Å². The van der Waals surface area contributed by atoms with E-state index in [9.17, 15) is 14.0 Å². The highest BCUT2D eigenvalue weighted by molar-refractivity contribution is 8.00. The maximum atomic E-state index is 13.8. The van der Waals surface area contributed by atoms with Crippen LogP contribution in [0.2, 0.25) is 5.02 Å². The number of thioether (sulfide) groups is 1. The van der Waals surface area contributed by atoms with E-state index in [1.807, 2.05) is 0 Å². The predicted molar refractivity (Wildman–Crippen MR) is 85.2 cm³/mol. The molecule has 112 valence electrons. The third kappa shape index (κ3) is 2.93. The second-order valence-corrected chi connectivity index (χ2v) is 6.03. The molecular formula is C15H10ClFN2O2S. The van der Waals surface area contributed by atoms with Gasteiger partial charge >= 0.3 is 0 Å². The predicted octanol–water partition coefficient (Wildman–Crippen LogP) is 3.78. The van der Waals surface area contributed by atoms with Gasteiger partial charge < -0.3 is 10.6 Å². The van der Waals surface area contributed by atoms with Crippen molar-refractivity contribution >= 4 is 46.6 Å². The van der Waals surface area contributed by atoms with Crippen molar-refractivity contribution in [2.45, 2.75) is 4.90 Å². The lowest BCUT2D eigenvalue weighted by molar-refractivity contribution is -0.113. The first kappa shape index (κ1) is 14.9. The Kier molecular flexibility index (Phi) is 4.04. The molecule has 0 bridgehead atoms. The fourth-order valence-electron chi connectivity index (χ4n) is 2.02. The average molecular weight is 337 g/mol. The van der Waals surface area contributed by atoms with Crippen LogP contribution < -0.4 is 10.6 Å². The van der Waals surface area contributed by atoms with Gasteiger partial charge in [-0.25, -0.2) is 4.39 Å². The molecule has 2 amide bonds. The molecule has 2 N–H and O–H groups in total. The van der Waals surface area contributed by atoms with E-state index >= 15 is 0 Å². The van der Waals surface area contributed by atoms with E-state index in [1.165, 1.54) is 23.9 Å². The van der Waals surface area contributed by atoms with Crippen molar-refractivity contribution in [3.8, 4) is 0 Å². The Bertz CT molecular complexity index is 782. The maximum Gasteiger partial charge on any atom is 0.255 e. The number of carbonyl (C=O) groups excluding carboxylic acids is 2. The van der Waals surface area contributed by atoms with E-state index in [-0.39, 0.29) is 16.6 Å². The third-order valence-electron chi connectivity index (χ3n) is 3.07. The van der Waals surface area contributed by atoms with Crippen molar-refractivity contribution in [2.24, 2.45) is 0 Å². The summed E-state index contributed by atoms with van der Waals surface area (Å²) in [5.41, 5.74) is 0.912. The van der Waals surface area contributed by atoms with E-state index in [0.29, 0.717) is 17.0 Å². The van der Waals surface area contributed by atoms with E-state index < -0.39 is 11.7 Å². The number of anilines is 2. The zero-order valence-electron chi connectivity index (χ0n) is 11.2.